The summed E-state index contributed by atoms with van der Waals surface area (Å²) < 4.78 is 18.9. The average molecular weight is 294 g/mol. The average Bonchev–Trinajstić information content (AvgIpc) is 2.94. The van der Waals surface area contributed by atoms with Crippen LogP contribution in [0.3, 0.4) is 0 Å². The SMILES string of the molecule is CCOC(=O)C1C2CN(c3ccc([N+](=O)[O-])cc3F)CC21. The number of nitro benzene ring substituents is 1. The van der Waals surface area contributed by atoms with Crippen molar-refractivity contribution in [1.82, 2.24) is 0 Å². The van der Waals surface area contributed by atoms with Crippen LogP contribution in [-0.2, 0) is 9.53 Å². The lowest BCUT2D eigenvalue weighted by Crippen LogP contribution is -2.27. The summed E-state index contributed by atoms with van der Waals surface area (Å²) in [5.41, 5.74) is 0.0976. The van der Waals surface area contributed by atoms with Gasteiger partial charge in [0.05, 0.1) is 29.2 Å². The highest BCUT2D eigenvalue weighted by atomic mass is 19.1. The van der Waals surface area contributed by atoms with Crippen LogP contribution in [0.15, 0.2) is 18.2 Å². The third-order valence-corrected chi connectivity index (χ3v) is 4.24. The number of fused-ring (bicyclic) bond motifs is 1. The molecule has 0 N–H and O–H groups in total. The maximum Gasteiger partial charge on any atom is 0.309 e. The Morgan fingerprint density at radius 1 is 1.48 bits per heavy atom. The number of anilines is 1. The van der Waals surface area contributed by atoms with E-state index in [9.17, 15) is 19.3 Å². The smallest absolute Gasteiger partial charge is 0.309 e. The van der Waals surface area contributed by atoms with Gasteiger partial charge in [-0.15, -0.1) is 0 Å². The Hall–Kier alpha value is -2.18. The second-order valence-corrected chi connectivity index (χ2v) is 5.40. The lowest BCUT2D eigenvalue weighted by molar-refractivity contribution is -0.385. The summed E-state index contributed by atoms with van der Waals surface area (Å²) in [5, 5.41) is 10.6. The molecule has 1 saturated carbocycles. The summed E-state index contributed by atoms with van der Waals surface area (Å²) in [7, 11) is 0. The zero-order chi connectivity index (χ0) is 15.1. The minimum atomic E-state index is -0.620. The molecule has 1 saturated heterocycles. The molecule has 2 unspecified atom stereocenters. The molecule has 2 aliphatic rings. The summed E-state index contributed by atoms with van der Waals surface area (Å²) in [6.45, 7) is 3.32. The van der Waals surface area contributed by atoms with E-state index in [2.05, 4.69) is 0 Å². The normalized spacial score (nSPS) is 26.4. The Morgan fingerprint density at radius 2 is 2.14 bits per heavy atom. The zero-order valence-corrected chi connectivity index (χ0v) is 11.5. The van der Waals surface area contributed by atoms with E-state index < -0.39 is 10.7 Å². The second-order valence-electron chi connectivity index (χ2n) is 5.40. The molecule has 1 heterocycles. The van der Waals surface area contributed by atoms with Crippen molar-refractivity contribution in [3.63, 3.8) is 0 Å². The molecular weight excluding hydrogens is 279 g/mol. The lowest BCUT2D eigenvalue weighted by Gasteiger charge is -2.22. The van der Waals surface area contributed by atoms with Crippen molar-refractivity contribution in [2.24, 2.45) is 17.8 Å². The van der Waals surface area contributed by atoms with Crippen molar-refractivity contribution in [2.75, 3.05) is 24.6 Å². The molecule has 0 spiro atoms. The van der Waals surface area contributed by atoms with Crippen LogP contribution in [0.25, 0.3) is 0 Å². The Bertz CT molecular complexity index is 595. The van der Waals surface area contributed by atoms with Crippen molar-refractivity contribution in [1.29, 1.82) is 0 Å². The molecule has 0 radical (unpaired) electrons. The van der Waals surface area contributed by atoms with Crippen LogP contribution in [0.1, 0.15) is 6.92 Å². The number of carbonyl (C=O) groups is 1. The van der Waals surface area contributed by atoms with Gasteiger partial charge in [0.25, 0.3) is 5.69 Å². The molecule has 2 fully saturated rings. The molecular formula is C14H15FN2O4. The number of nitrogens with zero attached hydrogens (tertiary/aromatic N) is 2. The predicted molar refractivity (Wildman–Crippen MR) is 72.4 cm³/mol. The fraction of sp³-hybridized carbons (Fsp3) is 0.500. The number of ether oxygens (including phenoxy) is 1. The number of non-ortho nitro benzene ring substituents is 1. The minimum Gasteiger partial charge on any atom is -0.466 e. The molecule has 2 atom stereocenters. The number of piperidine rings is 1. The third kappa shape index (κ3) is 2.32. The van der Waals surface area contributed by atoms with Crippen LogP contribution in [-0.4, -0.2) is 30.6 Å². The van der Waals surface area contributed by atoms with Gasteiger partial charge in [0.2, 0.25) is 0 Å². The van der Waals surface area contributed by atoms with Gasteiger partial charge in [0.1, 0.15) is 0 Å². The van der Waals surface area contributed by atoms with E-state index >= 15 is 0 Å². The number of carbonyl (C=O) groups excluding carboxylic acids is 1. The van der Waals surface area contributed by atoms with E-state index in [1.807, 2.05) is 4.90 Å². The maximum atomic E-state index is 13.9. The van der Waals surface area contributed by atoms with E-state index in [0.29, 0.717) is 25.4 Å². The van der Waals surface area contributed by atoms with Crippen molar-refractivity contribution >= 4 is 17.3 Å². The summed E-state index contributed by atoms with van der Waals surface area (Å²) in [6, 6.07) is 3.66. The second kappa shape index (κ2) is 4.98. The van der Waals surface area contributed by atoms with Crippen LogP contribution in [0.4, 0.5) is 15.8 Å². The molecule has 7 heteroatoms. The first kappa shape index (κ1) is 13.8. The Labute approximate surface area is 120 Å². The van der Waals surface area contributed by atoms with Gasteiger partial charge in [-0.3, -0.25) is 14.9 Å². The van der Waals surface area contributed by atoms with Crippen molar-refractivity contribution in [3.8, 4) is 0 Å². The Kier molecular flexibility index (Phi) is 3.27. The monoisotopic (exact) mass is 294 g/mol. The van der Waals surface area contributed by atoms with E-state index in [1.54, 1.807) is 6.92 Å². The van der Waals surface area contributed by atoms with Gasteiger partial charge < -0.3 is 9.64 Å². The van der Waals surface area contributed by atoms with Gasteiger partial charge >= 0.3 is 5.97 Å². The fourth-order valence-electron chi connectivity index (χ4n) is 3.18. The maximum absolute atomic E-state index is 13.9. The molecule has 6 nitrogen and oxygen atoms in total. The van der Waals surface area contributed by atoms with Gasteiger partial charge in [0, 0.05) is 19.2 Å². The first-order chi connectivity index (χ1) is 10.0. The number of halogens is 1. The van der Waals surface area contributed by atoms with Gasteiger partial charge in [-0.05, 0) is 24.8 Å². The summed E-state index contributed by atoms with van der Waals surface area (Å²) in [6.07, 6.45) is 0. The molecule has 1 aliphatic carbocycles. The van der Waals surface area contributed by atoms with E-state index in [0.717, 1.165) is 6.07 Å². The number of esters is 1. The summed E-state index contributed by atoms with van der Waals surface area (Å²) >= 11 is 0. The molecule has 1 aromatic carbocycles. The van der Waals surface area contributed by atoms with Crippen LogP contribution in [0.2, 0.25) is 0 Å². The Morgan fingerprint density at radius 3 is 2.67 bits per heavy atom. The number of hydrogen-bond acceptors (Lipinski definition) is 5. The molecule has 1 aromatic rings. The van der Waals surface area contributed by atoms with Crippen molar-refractivity contribution in [3.05, 3.63) is 34.1 Å². The van der Waals surface area contributed by atoms with Crippen LogP contribution >= 0.6 is 0 Å². The highest BCUT2D eigenvalue weighted by Crippen LogP contribution is 2.53. The van der Waals surface area contributed by atoms with E-state index in [4.69, 9.17) is 4.74 Å². The van der Waals surface area contributed by atoms with E-state index in [-0.39, 0.29) is 29.4 Å². The van der Waals surface area contributed by atoms with Gasteiger partial charge in [-0.1, -0.05) is 0 Å². The van der Waals surface area contributed by atoms with Crippen LogP contribution in [0.5, 0.6) is 0 Å². The molecule has 112 valence electrons. The quantitative estimate of drug-likeness (QED) is 0.482. The lowest BCUT2D eigenvalue weighted by atomic mass is 10.2. The van der Waals surface area contributed by atoms with Gasteiger partial charge in [-0.2, -0.15) is 0 Å². The largest absolute Gasteiger partial charge is 0.466 e. The third-order valence-electron chi connectivity index (χ3n) is 4.24. The van der Waals surface area contributed by atoms with E-state index in [1.165, 1.54) is 12.1 Å². The number of rotatable bonds is 4. The van der Waals surface area contributed by atoms with Crippen LogP contribution in [0, 0.1) is 33.7 Å². The minimum absolute atomic E-state index is 0.0673. The Balaban J connectivity index is 1.67. The summed E-state index contributed by atoms with van der Waals surface area (Å²) in [4.78, 5) is 23.5. The fourth-order valence-corrected chi connectivity index (χ4v) is 3.18. The van der Waals surface area contributed by atoms with Gasteiger partial charge in [0.15, 0.2) is 5.82 Å². The number of benzene rings is 1. The molecule has 0 bridgehead atoms. The molecule has 0 aromatic heterocycles. The van der Waals surface area contributed by atoms with Crippen molar-refractivity contribution < 1.29 is 18.8 Å². The standard InChI is InChI=1S/C14H15FN2O4/c1-2-21-14(18)13-9-6-16(7-10(9)13)12-4-3-8(17(19)20)5-11(12)15/h3-5,9-10,13H,2,6-7H2,1H3. The zero-order valence-electron chi connectivity index (χ0n) is 11.5. The highest BCUT2D eigenvalue weighted by Gasteiger charge is 2.60. The van der Waals surface area contributed by atoms with Crippen molar-refractivity contribution in [2.45, 2.75) is 6.92 Å². The molecule has 3 rings (SSSR count). The number of nitro groups is 1. The molecule has 1 aliphatic heterocycles. The first-order valence-electron chi connectivity index (χ1n) is 6.88. The summed E-state index contributed by atoms with van der Waals surface area (Å²) in [5.74, 6) is -0.422. The number of hydrogen-bond donors (Lipinski definition) is 0. The highest BCUT2D eigenvalue weighted by molar-refractivity contribution is 5.77. The van der Waals surface area contributed by atoms with Gasteiger partial charge in [-0.25, -0.2) is 4.39 Å². The predicted octanol–water partition coefficient (Wildman–Crippen LogP) is 1.98. The molecule has 0 amide bonds. The topological polar surface area (TPSA) is 72.7 Å². The first-order valence-corrected chi connectivity index (χ1v) is 6.88. The van der Waals surface area contributed by atoms with Crippen LogP contribution < -0.4 is 4.90 Å². The molecule has 21 heavy (non-hydrogen) atoms.